The van der Waals surface area contributed by atoms with Crippen molar-refractivity contribution >= 4 is 5.91 Å². The average molecular weight is 341 g/mol. The number of benzene rings is 1. The van der Waals surface area contributed by atoms with Gasteiger partial charge in [-0.2, -0.15) is 4.98 Å². The molecule has 132 valence electrons. The summed E-state index contributed by atoms with van der Waals surface area (Å²) in [5.41, 5.74) is 1.87. The minimum Gasteiger partial charge on any atom is -0.496 e. The summed E-state index contributed by atoms with van der Waals surface area (Å²) in [4.78, 5) is 19.4. The minimum atomic E-state index is -0.111. The number of amides is 1. The molecule has 6 heteroatoms. The van der Waals surface area contributed by atoms with Gasteiger partial charge < -0.3 is 14.2 Å². The number of methoxy groups -OCH3 is 1. The zero-order chi connectivity index (χ0) is 17.2. The van der Waals surface area contributed by atoms with Crippen molar-refractivity contribution in [3.05, 3.63) is 41.5 Å². The maximum atomic E-state index is 13.3. The van der Waals surface area contributed by atoms with Crippen molar-refractivity contribution in [1.29, 1.82) is 0 Å². The van der Waals surface area contributed by atoms with Crippen LogP contribution in [-0.2, 0) is 0 Å². The minimum absolute atomic E-state index is 0.0428. The van der Waals surface area contributed by atoms with Gasteiger partial charge in [-0.25, -0.2) is 0 Å². The molecular formula is C19H23N3O3. The van der Waals surface area contributed by atoms with E-state index in [1.807, 2.05) is 23.1 Å². The second-order valence-corrected chi connectivity index (χ2v) is 6.88. The van der Waals surface area contributed by atoms with Crippen LogP contribution in [0.1, 0.15) is 72.2 Å². The average Bonchev–Trinajstić information content (AvgIpc) is 3.41. The lowest BCUT2D eigenvalue weighted by molar-refractivity contribution is 0.0670. The molecule has 1 aromatic heterocycles. The Morgan fingerprint density at radius 3 is 2.84 bits per heavy atom. The van der Waals surface area contributed by atoms with E-state index < -0.39 is 0 Å². The molecule has 1 saturated heterocycles. The Morgan fingerprint density at radius 2 is 2.12 bits per heavy atom. The summed E-state index contributed by atoms with van der Waals surface area (Å²) in [6.07, 6.45) is 7.74. The lowest BCUT2D eigenvalue weighted by Crippen LogP contribution is -2.35. The number of aromatic nitrogens is 2. The summed E-state index contributed by atoms with van der Waals surface area (Å²) >= 11 is 0. The fourth-order valence-electron chi connectivity index (χ4n) is 3.69. The smallest absolute Gasteiger partial charge is 0.254 e. The Hall–Kier alpha value is -2.37. The molecule has 1 aromatic carbocycles. The van der Waals surface area contributed by atoms with Crippen molar-refractivity contribution in [3.63, 3.8) is 0 Å². The zero-order valence-electron chi connectivity index (χ0n) is 14.5. The van der Waals surface area contributed by atoms with Gasteiger partial charge in [-0.3, -0.25) is 4.79 Å². The Balaban J connectivity index is 1.64. The molecule has 0 radical (unpaired) electrons. The van der Waals surface area contributed by atoms with E-state index in [0.29, 0.717) is 11.7 Å². The Bertz CT molecular complexity index is 740. The van der Waals surface area contributed by atoms with Crippen LogP contribution in [0.4, 0.5) is 0 Å². The molecule has 1 amide bonds. The monoisotopic (exact) mass is 341 g/mol. The number of hydrogen-bond donors (Lipinski definition) is 0. The standard InChI is InChI=1S/C19H23N3O3/c1-24-17-9-8-14(11-15(17)13-6-7-13)19(23)22-10-4-2-3-5-16(22)18-20-12-25-21-18/h8-9,11-13,16H,2-7,10H2,1H3. The molecule has 4 rings (SSSR count). The van der Waals surface area contributed by atoms with Gasteiger partial charge in [0, 0.05) is 12.1 Å². The third-order valence-electron chi connectivity index (χ3n) is 5.18. The lowest BCUT2D eigenvalue weighted by Gasteiger charge is -2.28. The summed E-state index contributed by atoms with van der Waals surface area (Å²) in [5, 5.41) is 3.99. The highest BCUT2D eigenvalue weighted by Gasteiger charge is 2.32. The predicted molar refractivity (Wildman–Crippen MR) is 91.5 cm³/mol. The lowest BCUT2D eigenvalue weighted by atomic mass is 10.0. The van der Waals surface area contributed by atoms with Crippen LogP contribution in [0.3, 0.4) is 0 Å². The summed E-state index contributed by atoms with van der Waals surface area (Å²) in [6.45, 7) is 0.725. The summed E-state index contributed by atoms with van der Waals surface area (Å²) in [7, 11) is 1.68. The van der Waals surface area contributed by atoms with Crippen LogP contribution in [0.5, 0.6) is 5.75 Å². The van der Waals surface area contributed by atoms with Gasteiger partial charge in [-0.05, 0) is 55.4 Å². The number of carbonyl (C=O) groups is 1. The molecular weight excluding hydrogens is 318 g/mol. The van der Waals surface area contributed by atoms with Gasteiger partial charge in [0.2, 0.25) is 6.39 Å². The molecule has 2 aliphatic rings. The first-order valence-electron chi connectivity index (χ1n) is 9.03. The summed E-state index contributed by atoms with van der Waals surface area (Å²) in [6, 6.07) is 5.69. The maximum Gasteiger partial charge on any atom is 0.254 e. The Morgan fingerprint density at radius 1 is 1.24 bits per heavy atom. The van der Waals surface area contributed by atoms with Crippen LogP contribution >= 0.6 is 0 Å². The summed E-state index contributed by atoms with van der Waals surface area (Å²) in [5.74, 6) is 2.05. The molecule has 1 aliphatic heterocycles. The molecule has 25 heavy (non-hydrogen) atoms. The van der Waals surface area contributed by atoms with Crippen molar-refractivity contribution in [1.82, 2.24) is 15.0 Å². The number of nitrogens with zero attached hydrogens (tertiary/aromatic N) is 3. The van der Waals surface area contributed by atoms with Crippen molar-refractivity contribution < 1.29 is 14.1 Å². The first kappa shape index (κ1) is 16.1. The molecule has 1 unspecified atom stereocenters. The first-order chi connectivity index (χ1) is 12.3. The predicted octanol–water partition coefficient (Wildman–Crippen LogP) is 3.71. The highest BCUT2D eigenvalue weighted by Crippen LogP contribution is 2.44. The van der Waals surface area contributed by atoms with Gasteiger partial charge in [0.05, 0.1) is 13.2 Å². The van der Waals surface area contributed by atoms with Gasteiger partial charge in [-0.15, -0.1) is 0 Å². The van der Waals surface area contributed by atoms with Gasteiger partial charge in [-0.1, -0.05) is 18.0 Å². The molecule has 1 saturated carbocycles. The van der Waals surface area contributed by atoms with Crippen molar-refractivity contribution in [3.8, 4) is 5.75 Å². The molecule has 2 fully saturated rings. The number of likely N-dealkylation sites (tertiary alicyclic amines) is 1. The maximum absolute atomic E-state index is 13.3. The highest BCUT2D eigenvalue weighted by molar-refractivity contribution is 5.95. The third kappa shape index (κ3) is 3.25. The van der Waals surface area contributed by atoms with Crippen LogP contribution in [0.2, 0.25) is 0 Å². The number of ether oxygens (including phenoxy) is 1. The molecule has 0 bridgehead atoms. The fourth-order valence-corrected chi connectivity index (χ4v) is 3.69. The van der Waals surface area contributed by atoms with E-state index in [1.165, 1.54) is 19.2 Å². The van der Waals surface area contributed by atoms with Crippen molar-refractivity contribution in [2.75, 3.05) is 13.7 Å². The molecule has 1 aliphatic carbocycles. The molecule has 2 aromatic rings. The fraction of sp³-hybridized carbons (Fsp3) is 0.526. The van der Waals surface area contributed by atoms with E-state index in [2.05, 4.69) is 10.1 Å². The highest BCUT2D eigenvalue weighted by atomic mass is 16.5. The third-order valence-corrected chi connectivity index (χ3v) is 5.18. The van der Waals surface area contributed by atoms with Crippen LogP contribution in [0.15, 0.2) is 29.1 Å². The topological polar surface area (TPSA) is 68.5 Å². The van der Waals surface area contributed by atoms with Crippen LogP contribution in [0, 0.1) is 0 Å². The summed E-state index contributed by atoms with van der Waals surface area (Å²) < 4.78 is 10.4. The van der Waals surface area contributed by atoms with E-state index >= 15 is 0 Å². The van der Waals surface area contributed by atoms with E-state index in [4.69, 9.17) is 9.26 Å². The molecule has 2 heterocycles. The van der Waals surface area contributed by atoms with Gasteiger partial charge >= 0.3 is 0 Å². The molecule has 6 nitrogen and oxygen atoms in total. The van der Waals surface area contributed by atoms with Crippen LogP contribution in [-0.4, -0.2) is 34.6 Å². The first-order valence-corrected chi connectivity index (χ1v) is 9.03. The quantitative estimate of drug-likeness (QED) is 0.848. The van der Waals surface area contributed by atoms with Crippen LogP contribution in [0.25, 0.3) is 0 Å². The molecule has 0 N–H and O–H groups in total. The normalized spacial score (nSPS) is 21.0. The number of carbonyl (C=O) groups excluding carboxylic acids is 1. The van der Waals surface area contributed by atoms with Gasteiger partial charge in [0.15, 0.2) is 5.82 Å². The van der Waals surface area contributed by atoms with E-state index in [1.54, 1.807) is 7.11 Å². The van der Waals surface area contributed by atoms with E-state index in [0.717, 1.165) is 49.1 Å². The number of hydrogen-bond acceptors (Lipinski definition) is 5. The Kier molecular flexibility index (Phi) is 4.42. The Labute approximate surface area is 147 Å². The van der Waals surface area contributed by atoms with Crippen molar-refractivity contribution in [2.45, 2.75) is 50.5 Å². The SMILES string of the molecule is COc1ccc(C(=O)N2CCCCCC2c2ncon2)cc1C1CC1. The van der Waals surface area contributed by atoms with Gasteiger partial charge in [0.1, 0.15) is 5.75 Å². The molecule has 1 atom stereocenters. The molecule has 0 spiro atoms. The van der Waals surface area contributed by atoms with E-state index in [9.17, 15) is 4.79 Å². The second kappa shape index (κ2) is 6.86. The number of rotatable bonds is 4. The van der Waals surface area contributed by atoms with E-state index in [-0.39, 0.29) is 11.9 Å². The second-order valence-electron chi connectivity index (χ2n) is 6.88. The van der Waals surface area contributed by atoms with Crippen molar-refractivity contribution in [2.24, 2.45) is 0 Å². The van der Waals surface area contributed by atoms with Gasteiger partial charge in [0.25, 0.3) is 5.91 Å². The zero-order valence-corrected chi connectivity index (χ0v) is 14.5. The van der Waals surface area contributed by atoms with Crippen LogP contribution < -0.4 is 4.74 Å². The largest absolute Gasteiger partial charge is 0.496 e.